The van der Waals surface area contributed by atoms with Gasteiger partial charge in [-0.1, -0.05) is 19.9 Å². The maximum absolute atomic E-state index is 5.36. The molecular formula is C22H29N3O. The quantitative estimate of drug-likeness (QED) is 0.592. The van der Waals surface area contributed by atoms with Crippen LogP contribution in [0.15, 0.2) is 36.4 Å². The van der Waals surface area contributed by atoms with Crippen molar-refractivity contribution in [3.05, 3.63) is 47.7 Å². The van der Waals surface area contributed by atoms with Crippen molar-refractivity contribution in [1.29, 1.82) is 0 Å². The largest absolute Gasteiger partial charge is 0.497 e. The van der Waals surface area contributed by atoms with E-state index >= 15 is 0 Å². The number of rotatable bonds is 7. The smallest absolute Gasteiger partial charge is 0.119 e. The minimum absolute atomic E-state index is 0.883. The highest BCUT2D eigenvalue weighted by atomic mass is 16.5. The first-order chi connectivity index (χ1) is 12.6. The summed E-state index contributed by atoms with van der Waals surface area (Å²) in [4.78, 5) is 2.45. The fourth-order valence-corrected chi connectivity index (χ4v) is 3.64. The van der Waals surface area contributed by atoms with Crippen LogP contribution in [0.5, 0.6) is 5.75 Å². The third kappa shape index (κ3) is 3.16. The second kappa shape index (κ2) is 7.81. The molecule has 3 aromatic rings. The van der Waals surface area contributed by atoms with Crippen molar-refractivity contribution < 1.29 is 4.74 Å². The normalized spacial score (nSPS) is 11.1. The molecule has 4 heteroatoms. The standard InChI is InChI=1S/C22H29N3O/c1-6-14-24(8-3)22-19(7-2)23-25-20(10-9-11-21(22)25)18-13-12-17(26-5)15-16(18)4/h9-13,15H,6-8,14H2,1-5H3. The Balaban J connectivity index is 2.22. The van der Waals surface area contributed by atoms with Gasteiger partial charge in [-0.25, -0.2) is 4.52 Å². The maximum Gasteiger partial charge on any atom is 0.119 e. The second-order valence-electron chi connectivity index (χ2n) is 6.62. The van der Waals surface area contributed by atoms with Gasteiger partial charge < -0.3 is 9.64 Å². The van der Waals surface area contributed by atoms with E-state index in [-0.39, 0.29) is 0 Å². The second-order valence-corrected chi connectivity index (χ2v) is 6.62. The lowest BCUT2D eigenvalue weighted by molar-refractivity contribution is 0.414. The maximum atomic E-state index is 5.36. The number of benzene rings is 1. The molecule has 0 saturated carbocycles. The molecule has 3 rings (SSSR count). The molecule has 0 radical (unpaired) electrons. The van der Waals surface area contributed by atoms with Gasteiger partial charge in [-0.3, -0.25) is 0 Å². The zero-order valence-electron chi connectivity index (χ0n) is 16.5. The summed E-state index contributed by atoms with van der Waals surface area (Å²) >= 11 is 0. The first-order valence-electron chi connectivity index (χ1n) is 9.55. The van der Waals surface area contributed by atoms with Crippen LogP contribution in [0, 0.1) is 6.92 Å². The summed E-state index contributed by atoms with van der Waals surface area (Å²) in [5.74, 6) is 0.883. The lowest BCUT2D eigenvalue weighted by Gasteiger charge is -2.22. The van der Waals surface area contributed by atoms with E-state index in [0.29, 0.717) is 0 Å². The average Bonchev–Trinajstić information content (AvgIpc) is 3.04. The highest BCUT2D eigenvalue weighted by molar-refractivity contribution is 5.79. The number of aryl methyl sites for hydroxylation is 2. The molecule has 0 amide bonds. The summed E-state index contributed by atoms with van der Waals surface area (Å²) in [6.45, 7) is 10.8. The number of aromatic nitrogens is 2. The van der Waals surface area contributed by atoms with Crippen LogP contribution in [0.3, 0.4) is 0 Å². The molecule has 0 aliphatic rings. The summed E-state index contributed by atoms with van der Waals surface area (Å²) in [5, 5.41) is 4.99. The Morgan fingerprint density at radius 3 is 2.54 bits per heavy atom. The van der Waals surface area contributed by atoms with Crippen molar-refractivity contribution in [3.8, 4) is 17.0 Å². The van der Waals surface area contributed by atoms with E-state index < -0.39 is 0 Å². The average molecular weight is 351 g/mol. The van der Waals surface area contributed by atoms with Gasteiger partial charge in [0.05, 0.1) is 29.7 Å². The first-order valence-corrected chi connectivity index (χ1v) is 9.55. The molecular weight excluding hydrogens is 322 g/mol. The highest BCUT2D eigenvalue weighted by Gasteiger charge is 2.19. The van der Waals surface area contributed by atoms with Crippen molar-refractivity contribution in [2.24, 2.45) is 0 Å². The molecule has 26 heavy (non-hydrogen) atoms. The molecule has 0 aliphatic carbocycles. The van der Waals surface area contributed by atoms with Crippen molar-refractivity contribution in [2.75, 3.05) is 25.1 Å². The van der Waals surface area contributed by atoms with E-state index in [1.165, 1.54) is 28.0 Å². The molecule has 0 saturated heterocycles. The van der Waals surface area contributed by atoms with Crippen molar-refractivity contribution in [2.45, 2.75) is 40.5 Å². The fraction of sp³-hybridized carbons (Fsp3) is 0.409. The van der Waals surface area contributed by atoms with Gasteiger partial charge in [-0.2, -0.15) is 5.10 Å². The summed E-state index contributed by atoms with van der Waals surface area (Å²) in [6.07, 6.45) is 2.06. The molecule has 0 fully saturated rings. The molecule has 0 atom stereocenters. The third-order valence-electron chi connectivity index (χ3n) is 4.94. The Hall–Kier alpha value is -2.49. The lowest BCUT2D eigenvalue weighted by Crippen LogP contribution is -2.24. The zero-order valence-corrected chi connectivity index (χ0v) is 16.5. The van der Waals surface area contributed by atoms with Crippen LogP contribution in [0.2, 0.25) is 0 Å². The monoisotopic (exact) mass is 351 g/mol. The molecule has 0 aliphatic heterocycles. The van der Waals surface area contributed by atoms with E-state index in [4.69, 9.17) is 9.84 Å². The van der Waals surface area contributed by atoms with Gasteiger partial charge in [0.1, 0.15) is 5.75 Å². The van der Waals surface area contributed by atoms with E-state index in [1.54, 1.807) is 7.11 Å². The number of hydrogen-bond acceptors (Lipinski definition) is 3. The Morgan fingerprint density at radius 2 is 1.92 bits per heavy atom. The van der Waals surface area contributed by atoms with Gasteiger partial charge in [-0.05, 0) is 62.6 Å². The minimum Gasteiger partial charge on any atom is -0.497 e. The molecule has 2 heterocycles. The fourth-order valence-electron chi connectivity index (χ4n) is 3.64. The number of anilines is 1. The Morgan fingerprint density at radius 1 is 1.12 bits per heavy atom. The molecule has 138 valence electrons. The molecule has 4 nitrogen and oxygen atoms in total. The van der Waals surface area contributed by atoms with Gasteiger partial charge in [0.25, 0.3) is 0 Å². The van der Waals surface area contributed by atoms with Gasteiger partial charge in [0, 0.05) is 18.7 Å². The predicted molar refractivity (Wildman–Crippen MR) is 109 cm³/mol. The Labute approximate surface area is 156 Å². The number of nitrogens with zero attached hydrogens (tertiary/aromatic N) is 3. The molecule has 0 N–H and O–H groups in total. The summed E-state index contributed by atoms with van der Waals surface area (Å²) < 4.78 is 7.47. The van der Waals surface area contributed by atoms with Crippen molar-refractivity contribution in [1.82, 2.24) is 9.61 Å². The summed E-state index contributed by atoms with van der Waals surface area (Å²) in [7, 11) is 1.70. The molecule has 2 aromatic heterocycles. The first kappa shape index (κ1) is 18.3. The van der Waals surface area contributed by atoms with E-state index in [9.17, 15) is 0 Å². The van der Waals surface area contributed by atoms with E-state index in [2.05, 4.69) is 67.4 Å². The lowest BCUT2D eigenvalue weighted by atomic mass is 10.0. The molecule has 0 unspecified atom stereocenters. The molecule has 0 spiro atoms. The Kier molecular flexibility index (Phi) is 5.50. The van der Waals surface area contributed by atoms with Crippen LogP contribution >= 0.6 is 0 Å². The number of methoxy groups -OCH3 is 1. The van der Waals surface area contributed by atoms with E-state index in [1.807, 2.05) is 6.07 Å². The van der Waals surface area contributed by atoms with Gasteiger partial charge in [0.2, 0.25) is 0 Å². The van der Waals surface area contributed by atoms with Crippen molar-refractivity contribution in [3.63, 3.8) is 0 Å². The Bertz CT molecular complexity index is 898. The number of ether oxygens (including phenoxy) is 1. The number of hydrogen-bond donors (Lipinski definition) is 0. The van der Waals surface area contributed by atoms with Crippen LogP contribution in [-0.2, 0) is 6.42 Å². The zero-order chi connectivity index (χ0) is 18.7. The predicted octanol–water partition coefficient (Wildman–Crippen LogP) is 5.12. The summed E-state index contributed by atoms with van der Waals surface area (Å²) in [6, 6.07) is 12.7. The number of pyridine rings is 1. The molecule has 0 bridgehead atoms. The molecule has 1 aromatic carbocycles. The van der Waals surface area contributed by atoms with Gasteiger partial charge in [-0.15, -0.1) is 0 Å². The minimum atomic E-state index is 0.883. The van der Waals surface area contributed by atoms with Crippen LogP contribution in [-0.4, -0.2) is 29.8 Å². The van der Waals surface area contributed by atoms with Gasteiger partial charge >= 0.3 is 0 Å². The van der Waals surface area contributed by atoms with Crippen molar-refractivity contribution >= 4 is 11.2 Å². The number of fused-ring (bicyclic) bond motifs is 1. The highest BCUT2D eigenvalue weighted by Crippen LogP contribution is 2.33. The SMILES string of the molecule is CCCN(CC)c1c(CC)nn2c(-c3ccc(OC)cc3C)cccc12. The topological polar surface area (TPSA) is 29.8 Å². The van der Waals surface area contributed by atoms with Crippen LogP contribution in [0.1, 0.15) is 38.4 Å². The van der Waals surface area contributed by atoms with Crippen LogP contribution in [0.4, 0.5) is 5.69 Å². The summed E-state index contributed by atoms with van der Waals surface area (Å²) in [5.41, 5.74) is 7.13. The van der Waals surface area contributed by atoms with Crippen LogP contribution < -0.4 is 9.64 Å². The van der Waals surface area contributed by atoms with Gasteiger partial charge in [0.15, 0.2) is 0 Å². The van der Waals surface area contributed by atoms with E-state index in [0.717, 1.165) is 37.4 Å². The van der Waals surface area contributed by atoms with Crippen LogP contribution in [0.25, 0.3) is 16.8 Å². The third-order valence-corrected chi connectivity index (χ3v) is 4.94.